The van der Waals surface area contributed by atoms with Crippen LogP contribution in [0.5, 0.6) is 0 Å². The molecule has 0 saturated carbocycles. The molecule has 0 radical (unpaired) electrons. The Labute approximate surface area is 132 Å². The third-order valence-corrected chi connectivity index (χ3v) is 3.10. The summed E-state index contributed by atoms with van der Waals surface area (Å²) in [6.07, 6.45) is 1.33. The van der Waals surface area contributed by atoms with Crippen molar-refractivity contribution in [2.45, 2.75) is 0 Å². The summed E-state index contributed by atoms with van der Waals surface area (Å²) >= 11 is 0. The largest absolute Gasteiger partial charge is 0.330 e. The van der Waals surface area contributed by atoms with Gasteiger partial charge in [-0.2, -0.15) is 0 Å². The number of para-hydroxylation sites is 2. The van der Waals surface area contributed by atoms with E-state index in [0.29, 0.717) is 11.4 Å². The van der Waals surface area contributed by atoms with Crippen LogP contribution in [0.2, 0.25) is 0 Å². The molecule has 0 aliphatic carbocycles. The number of H-pyrrole nitrogens is 1. The highest BCUT2D eigenvalue weighted by molar-refractivity contribution is 6.05. The van der Waals surface area contributed by atoms with E-state index in [1.807, 2.05) is 36.4 Å². The highest BCUT2D eigenvalue weighted by Gasteiger charge is 2.14. The van der Waals surface area contributed by atoms with Crippen LogP contribution in [0.25, 0.3) is 0 Å². The number of carbonyl (C=O) groups is 2. The van der Waals surface area contributed by atoms with Gasteiger partial charge in [0.1, 0.15) is 5.69 Å². The van der Waals surface area contributed by atoms with Crippen molar-refractivity contribution in [3.63, 3.8) is 0 Å². The van der Waals surface area contributed by atoms with E-state index >= 15 is 0 Å². The summed E-state index contributed by atoms with van der Waals surface area (Å²) < 4.78 is 0. The molecule has 3 N–H and O–H groups in total. The molecule has 0 spiro atoms. The predicted octanol–water partition coefficient (Wildman–Crippen LogP) is 2.91. The van der Waals surface area contributed by atoms with E-state index in [4.69, 9.17) is 0 Å². The third kappa shape index (κ3) is 3.62. The van der Waals surface area contributed by atoms with Crippen molar-refractivity contribution in [1.29, 1.82) is 0 Å². The molecule has 6 nitrogen and oxygen atoms in total. The summed E-state index contributed by atoms with van der Waals surface area (Å²) in [7, 11) is 0. The minimum absolute atomic E-state index is 0.0760. The summed E-state index contributed by atoms with van der Waals surface area (Å²) in [6.45, 7) is 0. The average Bonchev–Trinajstić information content (AvgIpc) is 3.07. The number of nitrogens with one attached hydrogen (secondary N) is 3. The molecule has 2 amide bonds. The fraction of sp³-hybridized carbons (Fsp3) is 0. The number of hydrogen-bond donors (Lipinski definition) is 3. The average molecular weight is 306 g/mol. The Balaban J connectivity index is 1.68. The zero-order valence-corrected chi connectivity index (χ0v) is 12.1. The minimum atomic E-state index is -0.407. The van der Waals surface area contributed by atoms with Gasteiger partial charge in [0.15, 0.2) is 5.82 Å². The highest BCUT2D eigenvalue weighted by atomic mass is 16.2. The maximum atomic E-state index is 12.1. The Kier molecular flexibility index (Phi) is 4.15. The number of imidazole rings is 1. The van der Waals surface area contributed by atoms with Crippen molar-refractivity contribution in [3.8, 4) is 0 Å². The van der Waals surface area contributed by atoms with Gasteiger partial charge in [-0.05, 0) is 24.3 Å². The predicted molar refractivity (Wildman–Crippen MR) is 87.4 cm³/mol. The van der Waals surface area contributed by atoms with Crippen LogP contribution < -0.4 is 10.6 Å². The van der Waals surface area contributed by atoms with Gasteiger partial charge < -0.3 is 15.6 Å². The molecule has 0 bridgehead atoms. The molecule has 2 aromatic carbocycles. The second kappa shape index (κ2) is 6.57. The molecule has 0 unspecified atom stereocenters. The number of aromatic amines is 1. The van der Waals surface area contributed by atoms with Gasteiger partial charge in [-0.25, -0.2) is 4.98 Å². The van der Waals surface area contributed by atoms with Crippen LogP contribution >= 0.6 is 0 Å². The third-order valence-electron chi connectivity index (χ3n) is 3.10. The van der Waals surface area contributed by atoms with Crippen molar-refractivity contribution in [2.24, 2.45) is 0 Å². The molecule has 3 aromatic rings. The summed E-state index contributed by atoms with van der Waals surface area (Å²) in [5, 5.41) is 5.41. The first-order valence-electron chi connectivity index (χ1n) is 7.00. The lowest BCUT2D eigenvalue weighted by Gasteiger charge is -2.03. The topological polar surface area (TPSA) is 86.9 Å². The van der Waals surface area contributed by atoms with E-state index in [2.05, 4.69) is 20.6 Å². The molecule has 3 rings (SSSR count). The van der Waals surface area contributed by atoms with Crippen LogP contribution in [0.3, 0.4) is 0 Å². The second-order valence-corrected chi connectivity index (χ2v) is 4.79. The van der Waals surface area contributed by atoms with E-state index in [1.54, 1.807) is 24.3 Å². The molecule has 0 aliphatic rings. The Hall–Kier alpha value is -3.41. The van der Waals surface area contributed by atoms with Gasteiger partial charge in [0.05, 0.1) is 6.20 Å². The lowest BCUT2D eigenvalue weighted by Crippen LogP contribution is -2.15. The zero-order valence-electron chi connectivity index (χ0n) is 12.1. The molecule has 0 saturated heterocycles. The van der Waals surface area contributed by atoms with Crippen LogP contribution in [-0.2, 0) is 0 Å². The number of benzene rings is 2. The van der Waals surface area contributed by atoms with Crippen LogP contribution in [0.15, 0.2) is 66.9 Å². The Bertz CT molecular complexity index is 745. The van der Waals surface area contributed by atoms with Crippen molar-refractivity contribution in [3.05, 3.63) is 78.4 Å². The van der Waals surface area contributed by atoms with Gasteiger partial charge >= 0.3 is 0 Å². The fourth-order valence-corrected chi connectivity index (χ4v) is 1.98. The summed E-state index contributed by atoms with van der Waals surface area (Å²) in [5.41, 5.74) is 1.54. The number of carbonyl (C=O) groups excluding carboxylic acids is 2. The minimum Gasteiger partial charge on any atom is -0.330 e. The molecule has 1 heterocycles. The first kappa shape index (κ1) is 14.5. The van der Waals surface area contributed by atoms with Gasteiger partial charge in [-0.1, -0.05) is 36.4 Å². The van der Waals surface area contributed by atoms with Crippen LogP contribution in [0.1, 0.15) is 21.1 Å². The van der Waals surface area contributed by atoms with Gasteiger partial charge in [0, 0.05) is 11.4 Å². The van der Waals surface area contributed by atoms with Crippen molar-refractivity contribution in [1.82, 2.24) is 9.97 Å². The number of hydrogen-bond acceptors (Lipinski definition) is 3. The smallest absolute Gasteiger partial charge is 0.291 e. The van der Waals surface area contributed by atoms with Gasteiger partial charge in [0.2, 0.25) is 0 Å². The van der Waals surface area contributed by atoms with E-state index in [-0.39, 0.29) is 17.4 Å². The molecule has 0 aliphatic heterocycles. The van der Waals surface area contributed by atoms with Crippen molar-refractivity contribution >= 4 is 23.2 Å². The lowest BCUT2D eigenvalue weighted by atomic mass is 10.3. The number of nitrogens with zero attached hydrogens (tertiary/aromatic N) is 1. The summed E-state index contributed by atoms with van der Waals surface area (Å²) in [5.74, 6) is -0.690. The van der Waals surface area contributed by atoms with E-state index in [1.165, 1.54) is 6.20 Å². The molecule has 6 heteroatoms. The van der Waals surface area contributed by atoms with Crippen LogP contribution in [0.4, 0.5) is 11.4 Å². The molecule has 0 fully saturated rings. The molecule has 0 atom stereocenters. The normalized spacial score (nSPS) is 10.1. The zero-order chi connectivity index (χ0) is 16.1. The van der Waals surface area contributed by atoms with Crippen LogP contribution in [-0.4, -0.2) is 21.8 Å². The first-order chi connectivity index (χ1) is 11.2. The monoisotopic (exact) mass is 306 g/mol. The summed E-state index contributed by atoms with van der Waals surface area (Å²) in [6, 6.07) is 18.1. The maximum absolute atomic E-state index is 12.1. The van der Waals surface area contributed by atoms with Gasteiger partial charge in [0.25, 0.3) is 11.8 Å². The standard InChI is InChI=1S/C17H14N4O2/c22-16(19-12-7-3-1-4-8-12)14-11-18-15(21-14)17(23)20-13-9-5-2-6-10-13/h1-11H,(H,18,21)(H,19,22)(H,20,23). The van der Waals surface area contributed by atoms with Crippen molar-refractivity contribution in [2.75, 3.05) is 10.6 Å². The Morgan fingerprint density at radius 1 is 0.783 bits per heavy atom. The Morgan fingerprint density at radius 3 is 1.87 bits per heavy atom. The maximum Gasteiger partial charge on any atom is 0.291 e. The SMILES string of the molecule is O=C(Nc1ccccc1)c1cnc(C(=O)Nc2ccccc2)[nH]1. The molecule has 114 valence electrons. The number of rotatable bonds is 4. The molecular formula is C17H14N4O2. The van der Waals surface area contributed by atoms with Crippen LogP contribution in [0, 0.1) is 0 Å². The van der Waals surface area contributed by atoms with E-state index in [9.17, 15) is 9.59 Å². The fourth-order valence-electron chi connectivity index (χ4n) is 1.98. The van der Waals surface area contributed by atoms with E-state index < -0.39 is 5.91 Å². The van der Waals surface area contributed by atoms with E-state index in [0.717, 1.165) is 0 Å². The summed E-state index contributed by atoms with van der Waals surface area (Å²) in [4.78, 5) is 30.8. The number of anilines is 2. The lowest BCUT2D eigenvalue weighted by molar-refractivity contribution is 0.101. The number of amides is 2. The second-order valence-electron chi connectivity index (χ2n) is 4.79. The molecule has 1 aromatic heterocycles. The van der Waals surface area contributed by atoms with Crippen molar-refractivity contribution < 1.29 is 9.59 Å². The van der Waals surface area contributed by atoms with Gasteiger partial charge in [-0.3, -0.25) is 9.59 Å². The first-order valence-corrected chi connectivity index (χ1v) is 7.00. The number of aromatic nitrogens is 2. The van der Waals surface area contributed by atoms with Gasteiger partial charge in [-0.15, -0.1) is 0 Å². The molecule has 23 heavy (non-hydrogen) atoms. The Morgan fingerprint density at radius 2 is 1.30 bits per heavy atom. The molecular weight excluding hydrogens is 292 g/mol. The highest BCUT2D eigenvalue weighted by Crippen LogP contribution is 2.09. The quantitative estimate of drug-likeness (QED) is 0.692.